The van der Waals surface area contributed by atoms with Crippen molar-refractivity contribution in [1.29, 1.82) is 0 Å². The first-order valence-corrected chi connectivity index (χ1v) is 10.0. The molecule has 0 unspecified atom stereocenters. The fourth-order valence-electron chi connectivity index (χ4n) is 2.30. The molecule has 2 N–H and O–H groups in total. The number of azo groups is 1. The van der Waals surface area contributed by atoms with Gasteiger partial charge >= 0.3 is 0 Å². The molecule has 0 aromatic heterocycles. The van der Waals surface area contributed by atoms with E-state index in [2.05, 4.69) is 10.2 Å². The van der Waals surface area contributed by atoms with Crippen LogP contribution in [0.1, 0.15) is 0 Å². The van der Waals surface area contributed by atoms with Gasteiger partial charge in [0.15, 0.2) is 0 Å². The molecule has 3 aromatic carbocycles. The summed E-state index contributed by atoms with van der Waals surface area (Å²) in [6.45, 7) is 0. The van der Waals surface area contributed by atoms with Crippen LogP contribution in [0.4, 0.5) is 11.4 Å². The van der Waals surface area contributed by atoms with Gasteiger partial charge in [-0.2, -0.15) is 21.9 Å². The summed E-state index contributed by atoms with van der Waals surface area (Å²) in [4.78, 5) is -0.886. The monoisotopic (exact) mass is 392 g/mol. The van der Waals surface area contributed by atoms with Crippen molar-refractivity contribution < 1.29 is 25.9 Å². The molecule has 0 amide bonds. The molecule has 0 aliphatic rings. The summed E-state index contributed by atoms with van der Waals surface area (Å²) in [5, 5.41) is 8.55. The lowest BCUT2D eigenvalue weighted by atomic mass is 10.1. The van der Waals surface area contributed by atoms with E-state index < -0.39 is 30.0 Å². The summed E-state index contributed by atoms with van der Waals surface area (Å²) in [5.41, 5.74) is 0.633. The second-order valence-electron chi connectivity index (χ2n) is 5.31. The van der Waals surface area contributed by atoms with Crippen molar-refractivity contribution in [2.45, 2.75) is 9.79 Å². The van der Waals surface area contributed by atoms with Crippen LogP contribution in [0.5, 0.6) is 0 Å². The summed E-state index contributed by atoms with van der Waals surface area (Å²) in [7, 11) is -9.04. The minimum Gasteiger partial charge on any atom is -0.282 e. The summed E-state index contributed by atoms with van der Waals surface area (Å²) < 4.78 is 64.1. The Hall–Kier alpha value is -2.66. The normalized spacial score (nSPS) is 12.7. The van der Waals surface area contributed by atoms with Crippen molar-refractivity contribution in [3.63, 3.8) is 0 Å². The highest BCUT2D eigenvalue weighted by molar-refractivity contribution is 7.86. The van der Waals surface area contributed by atoms with Crippen LogP contribution in [0.2, 0.25) is 0 Å². The fourth-order valence-corrected chi connectivity index (χ4v) is 3.35. The van der Waals surface area contributed by atoms with Crippen molar-refractivity contribution >= 4 is 42.4 Å². The van der Waals surface area contributed by atoms with E-state index in [0.29, 0.717) is 11.1 Å². The van der Waals surface area contributed by atoms with Crippen molar-refractivity contribution in [3.8, 4) is 0 Å². The minimum atomic E-state index is -4.56. The van der Waals surface area contributed by atoms with Crippen LogP contribution in [0.15, 0.2) is 80.7 Å². The maximum absolute atomic E-state index is 11.5. The zero-order chi connectivity index (χ0) is 18.9. The van der Waals surface area contributed by atoms with E-state index in [1.807, 2.05) is 0 Å². The Balaban J connectivity index is 2.25. The Kier molecular flexibility index (Phi) is 4.59. The predicted octanol–water partition coefficient (Wildman–Crippen LogP) is 3.75. The Morgan fingerprint density at radius 2 is 1.31 bits per heavy atom. The summed E-state index contributed by atoms with van der Waals surface area (Å²) in [5.74, 6) is 0. The summed E-state index contributed by atoms with van der Waals surface area (Å²) >= 11 is 0. The van der Waals surface area contributed by atoms with Gasteiger partial charge in [-0.05, 0) is 41.8 Å². The Morgan fingerprint density at radius 3 is 1.92 bits per heavy atom. The number of rotatable bonds is 4. The maximum Gasteiger partial charge on any atom is 0.294 e. The van der Waals surface area contributed by atoms with Crippen LogP contribution < -0.4 is 0 Å². The van der Waals surface area contributed by atoms with E-state index in [-0.39, 0.29) is 11.1 Å². The number of benzene rings is 3. The number of hydrogen-bond donors (Lipinski definition) is 2. The second-order valence-corrected chi connectivity index (χ2v) is 8.15. The Bertz CT molecular complexity index is 1220. The molecule has 26 heavy (non-hydrogen) atoms. The molecule has 0 radical (unpaired) electrons. The van der Waals surface area contributed by atoms with Gasteiger partial charge in [-0.25, -0.2) is 0 Å². The molecular formula is C16H12N2O6S2. The van der Waals surface area contributed by atoms with Crippen LogP contribution in [-0.2, 0) is 20.2 Å². The molecule has 0 saturated carbocycles. The largest absolute Gasteiger partial charge is 0.294 e. The van der Waals surface area contributed by atoms with Crippen molar-refractivity contribution in [2.24, 2.45) is 10.2 Å². The third-order valence-corrected chi connectivity index (χ3v) is 5.18. The smallest absolute Gasteiger partial charge is 0.282 e. The van der Waals surface area contributed by atoms with E-state index in [1.165, 1.54) is 6.07 Å². The van der Waals surface area contributed by atoms with Gasteiger partial charge in [0, 0.05) is 5.39 Å². The standard InChI is InChI=1S/C16H12N2O6S2/c19-25(20,21)13-6-7-15-11(8-13)9-14(26(22,23)24)10-16(15)18-17-12-4-2-1-3-5-12/h1-10H,(H,19,20,21)(H,22,23,24)/b18-17+. The molecule has 0 aliphatic carbocycles. The highest BCUT2D eigenvalue weighted by atomic mass is 32.2. The highest BCUT2D eigenvalue weighted by Crippen LogP contribution is 2.32. The molecule has 8 nitrogen and oxygen atoms in total. The number of fused-ring (bicyclic) bond motifs is 1. The molecule has 0 fully saturated rings. The van der Waals surface area contributed by atoms with Gasteiger partial charge in [-0.15, -0.1) is 5.11 Å². The van der Waals surface area contributed by atoms with Gasteiger partial charge in [0.2, 0.25) is 0 Å². The van der Waals surface area contributed by atoms with Gasteiger partial charge in [-0.1, -0.05) is 24.3 Å². The van der Waals surface area contributed by atoms with Crippen molar-refractivity contribution in [1.82, 2.24) is 0 Å². The van der Waals surface area contributed by atoms with Gasteiger partial charge < -0.3 is 0 Å². The van der Waals surface area contributed by atoms with Gasteiger partial charge in [0.1, 0.15) is 0 Å². The van der Waals surface area contributed by atoms with Gasteiger partial charge in [-0.3, -0.25) is 9.11 Å². The average molecular weight is 392 g/mol. The molecular weight excluding hydrogens is 380 g/mol. The van der Waals surface area contributed by atoms with E-state index in [9.17, 15) is 21.4 Å². The molecule has 0 atom stereocenters. The first-order valence-electron chi connectivity index (χ1n) is 7.14. The Morgan fingerprint density at radius 1 is 0.692 bits per heavy atom. The summed E-state index contributed by atoms with van der Waals surface area (Å²) in [6.07, 6.45) is 0. The van der Waals surface area contributed by atoms with Gasteiger partial charge in [0.05, 0.1) is 21.2 Å². The topological polar surface area (TPSA) is 133 Å². The van der Waals surface area contributed by atoms with Crippen molar-refractivity contribution in [3.05, 3.63) is 60.7 Å². The molecule has 134 valence electrons. The van der Waals surface area contributed by atoms with E-state index in [0.717, 1.165) is 24.3 Å². The van der Waals surface area contributed by atoms with Crippen LogP contribution in [0, 0.1) is 0 Å². The lowest BCUT2D eigenvalue weighted by molar-refractivity contribution is 0.481. The quantitative estimate of drug-likeness (QED) is 0.513. The molecule has 0 bridgehead atoms. The lowest BCUT2D eigenvalue weighted by Crippen LogP contribution is -2.00. The first-order chi connectivity index (χ1) is 12.1. The van der Waals surface area contributed by atoms with Crippen LogP contribution >= 0.6 is 0 Å². The van der Waals surface area contributed by atoms with Crippen LogP contribution in [-0.4, -0.2) is 25.9 Å². The SMILES string of the molecule is O=S(=O)(O)c1ccc2c(/N=N/c3ccccc3)cc(S(=O)(=O)O)cc2c1. The Labute approximate surface area is 149 Å². The van der Waals surface area contributed by atoms with Crippen LogP contribution in [0.25, 0.3) is 10.8 Å². The predicted molar refractivity (Wildman–Crippen MR) is 94.2 cm³/mol. The lowest BCUT2D eigenvalue weighted by Gasteiger charge is -2.06. The third-order valence-electron chi connectivity index (χ3n) is 3.50. The maximum atomic E-state index is 11.5. The fraction of sp³-hybridized carbons (Fsp3) is 0. The zero-order valence-corrected chi connectivity index (χ0v) is 14.6. The molecule has 10 heteroatoms. The first kappa shape index (κ1) is 18.1. The summed E-state index contributed by atoms with van der Waals surface area (Å²) in [6, 6.07) is 14.5. The van der Waals surface area contributed by atoms with E-state index in [1.54, 1.807) is 30.3 Å². The van der Waals surface area contributed by atoms with E-state index in [4.69, 9.17) is 4.55 Å². The molecule has 3 aromatic rings. The number of hydrogen-bond acceptors (Lipinski definition) is 6. The van der Waals surface area contributed by atoms with E-state index >= 15 is 0 Å². The third kappa shape index (κ3) is 3.94. The van der Waals surface area contributed by atoms with Gasteiger partial charge in [0.25, 0.3) is 20.2 Å². The molecule has 0 saturated heterocycles. The second kappa shape index (κ2) is 6.57. The molecule has 3 rings (SSSR count). The minimum absolute atomic E-state index is 0.112. The molecule has 0 spiro atoms. The average Bonchev–Trinajstić information content (AvgIpc) is 2.58. The van der Waals surface area contributed by atoms with Crippen LogP contribution in [0.3, 0.4) is 0 Å². The highest BCUT2D eigenvalue weighted by Gasteiger charge is 2.16. The zero-order valence-electron chi connectivity index (χ0n) is 13.0. The van der Waals surface area contributed by atoms with Crippen molar-refractivity contribution in [2.75, 3.05) is 0 Å². The molecule has 0 heterocycles. The molecule has 0 aliphatic heterocycles. The number of nitrogens with zero attached hydrogens (tertiary/aromatic N) is 2.